The zero-order chi connectivity index (χ0) is 31.3. The summed E-state index contributed by atoms with van der Waals surface area (Å²) in [6, 6.07) is 0.490. The van der Waals surface area contributed by atoms with Crippen LogP contribution in [0.5, 0.6) is 11.5 Å². The second kappa shape index (κ2) is 6.22. The first-order valence-electron chi connectivity index (χ1n) is 16.0. The van der Waals surface area contributed by atoms with Crippen molar-refractivity contribution in [3.05, 3.63) is 34.9 Å². The van der Waals surface area contributed by atoms with Gasteiger partial charge in [-0.3, -0.25) is 0 Å². The molecule has 23 heavy (non-hydrogen) atoms. The van der Waals surface area contributed by atoms with Crippen molar-refractivity contribution in [1.29, 1.82) is 0 Å². The maximum absolute atomic E-state index is 11.1. The van der Waals surface area contributed by atoms with Gasteiger partial charge < -0.3 is 9.84 Å². The Morgan fingerprint density at radius 2 is 2.39 bits per heavy atom. The average Bonchev–Trinajstić information content (AvgIpc) is 2.73. The number of benzene rings is 1. The van der Waals surface area contributed by atoms with E-state index >= 15 is 0 Å². The van der Waals surface area contributed by atoms with Crippen molar-refractivity contribution in [3.63, 3.8) is 0 Å². The van der Waals surface area contributed by atoms with Crippen molar-refractivity contribution in [1.82, 2.24) is 0 Å². The van der Waals surface area contributed by atoms with Crippen LogP contribution in [0.25, 0.3) is 0 Å². The highest BCUT2D eigenvalue weighted by Crippen LogP contribution is 2.53. The lowest BCUT2D eigenvalue weighted by Gasteiger charge is -2.46. The zero-order valence-corrected chi connectivity index (χ0v) is 12.7. The van der Waals surface area contributed by atoms with Crippen LogP contribution >= 0.6 is 0 Å². The molecule has 0 fully saturated rings. The van der Waals surface area contributed by atoms with Gasteiger partial charge in [-0.1, -0.05) is 31.4 Å². The summed E-state index contributed by atoms with van der Waals surface area (Å²) in [6.07, 6.45) is -8.92. The molecule has 1 aromatic carbocycles. The molecule has 3 rings (SSSR count). The van der Waals surface area contributed by atoms with Gasteiger partial charge in [0.15, 0.2) is 0 Å². The molecule has 2 atom stereocenters. The Morgan fingerprint density at radius 3 is 3.13 bits per heavy atom. The molecule has 0 spiro atoms. The van der Waals surface area contributed by atoms with E-state index in [1.54, 1.807) is 6.92 Å². The second-order valence-electron chi connectivity index (χ2n) is 5.59. The predicted octanol–water partition coefficient (Wildman–Crippen LogP) is 5.74. The number of rotatable bonds is 4. The van der Waals surface area contributed by atoms with Crippen LogP contribution < -0.4 is 4.74 Å². The van der Waals surface area contributed by atoms with Crippen molar-refractivity contribution in [3.8, 4) is 11.5 Å². The highest BCUT2D eigenvalue weighted by atomic mass is 16.5. The molecule has 1 N–H and O–H groups in total. The molecule has 0 unspecified atom stereocenters. The van der Waals surface area contributed by atoms with Crippen LogP contribution in [0.4, 0.5) is 0 Å². The van der Waals surface area contributed by atoms with Crippen molar-refractivity contribution >= 4 is 0 Å². The molecule has 1 aromatic rings. The molecule has 0 bridgehead atoms. The van der Waals surface area contributed by atoms with E-state index in [1.807, 2.05) is 0 Å². The van der Waals surface area contributed by atoms with Gasteiger partial charge >= 0.3 is 0 Å². The third-order valence-electron chi connectivity index (χ3n) is 3.81. The van der Waals surface area contributed by atoms with Crippen LogP contribution in [0.3, 0.4) is 0 Å². The fourth-order valence-electron chi connectivity index (χ4n) is 2.68. The number of hydrogen-bond donors (Lipinski definition) is 1. The van der Waals surface area contributed by atoms with Gasteiger partial charge in [-0.05, 0) is 63.8 Å². The number of ether oxygens (including phenoxy) is 1. The maximum atomic E-state index is 11.1. The maximum Gasteiger partial charge on any atom is 0.127 e. The summed E-state index contributed by atoms with van der Waals surface area (Å²) in [4.78, 5) is 0. The molecule has 2 nitrogen and oxygen atoms in total. The molecule has 1 aliphatic heterocycles. The number of aromatic hydroxyl groups is 1. The largest absolute Gasteiger partial charge is 0.507 e. The van der Waals surface area contributed by atoms with Gasteiger partial charge in [0, 0.05) is 39.3 Å². The molecular formula is C21H30O2. The third kappa shape index (κ3) is 3.13. The number of hydrogen-bond acceptors (Lipinski definition) is 2. The first-order chi connectivity index (χ1) is 17.7. The van der Waals surface area contributed by atoms with E-state index in [2.05, 4.69) is 0 Å². The Morgan fingerprint density at radius 1 is 1.52 bits per heavy atom. The van der Waals surface area contributed by atoms with E-state index in [4.69, 9.17) is 26.7 Å². The summed E-state index contributed by atoms with van der Waals surface area (Å²) in [5.41, 5.74) is -6.30. The molecule has 0 radical (unpaired) electrons. The fourth-order valence-corrected chi connectivity index (χ4v) is 2.68. The summed E-state index contributed by atoms with van der Waals surface area (Å²) < 4.78 is 147. The SMILES string of the molecule is [2H]C1=C(C([2H])([2H])[2H])C([2H])([2H])C([2H])([2H])[C@]2([2H])[C@@H]1c1c(O)cc(C([2H])([2H])CCCC)cc1OC2(C([2H])([2H])[2H])C([2H])([2H])[2H]. The van der Waals surface area contributed by atoms with Crippen LogP contribution in [0.2, 0.25) is 0 Å². The summed E-state index contributed by atoms with van der Waals surface area (Å²) >= 11 is 0. The molecule has 0 saturated heterocycles. The molecule has 0 saturated carbocycles. The first-order valence-corrected chi connectivity index (χ1v) is 7.46. The Bertz CT molecular complexity index is 1190. The molecule has 0 aromatic heterocycles. The molecule has 1 aliphatic carbocycles. The zero-order valence-electron chi connectivity index (χ0n) is 29.7. The van der Waals surface area contributed by atoms with Crippen LogP contribution in [0, 0.1) is 5.89 Å². The number of allylic oxidation sites excluding steroid dienone is 2. The average molecular weight is 332 g/mol. The smallest absolute Gasteiger partial charge is 0.127 e. The van der Waals surface area contributed by atoms with Gasteiger partial charge in [0.25, 0.3) is 0 Å². The van der Waals surface area contributed by atoms with E-state index in [0.29, 0.717) is 12.8 Å². The first kappa shape index (κ1) is 5.54. The summed E-state index contributed by atoms with van der Waals surface area (Å²) in [5.74, 6) is -7.95. The summed E-state index contributed by atoms with van der Waals surface area (Å²) in [6.45, 7) is -9.50. The molecular weight excluding hydrogens is 284 g/mol. The van der Waals surface area contributed by atoms with Gasteiger partial charge in [-0.15, -0.1) is 0 Å². The number of phenols is 1. The van der Waals surface area contributed by atoms with Gasteiger partial charge in [0.2, 0.25) is 0 Å². The summed E-state index contributed by atoms with van der Waals surface area (Å²) in [7, 11) is 0. The van der Waals surface area contributed by atoms with Crippen molar-refractivity contribution in [2.45, 2.75) is 77.4 Å². The molecule has 0 amide bonds. The van der Waals surface area contributed by atoms with E-state index in [-0.39, 0.29) is 12.0 Å². The van der Waals surface area contributed by atoms with Gasteiger partial charge in [0.05, 0.1) is 1.37 Å². The van der Waals surface area contributed by atoms with Crippen LogP contribution in [0.1, 0.15) is 99.8 Å². The highest BCUT2D eigenvalue weighted by Gasteiger charge is 2.45. The quantitative estimate of drug-likeness (QED) is 0.713. The minimum Gasteiger partial charge on any atom is -0.507 e. The number of phenolic OH excluding ortho intramolecular Hbond substituents is 1. The Kier molecular flexibility index (Phi) is 1.50. The normalized spacial score (nSPS) is 46.3. The topological polar surface area (TPSA) is 29.5 Å². The lowest BCUT2D eigenvalue weighted by molar-refractivity contribution is 0.0107. The monoisotopic (exact) mass is 331 g/mol. The minimum atomic E-state index is -3.94. The van der Waals surface area contributed by atoms with E-state index in [1.165, 1.54) is 0 Å². The van der Waals surface area contributed by atoms with E-state index < -0.39 is 85.8 Å². The summed E-state index contributed by atoms with van der Waals surface area (Å²) in [5, 5.41) is 11.1. The minimum absolute atomic E-state index is 0.0627. The van der Waals surface area contributed by atoms with Crippen LogP contribution in [-0.2, 0) is 6.37 Å². The number of fused-ring (bicyclic) bond motifs is 3. The van der Waals surface area contributed by atoms with Crippen LogP contribution in [0.15, 0.2) is 23.8 Å². The molecule has 2 aliphatic rings. The number of unbranched alkanes of at least 4 members (excludes halogenated alkanes) is 1. The fraction of sp³-hybridized carbons (Fsp3) is 0.619. The molecule has 1 heterocycles. The third-order valence-corrected chi connectivity index (χ3v) is 3.81. The van der Waals surface area contributed by atoms with Gasteiger partial charge in [0.1, 0.15) is 17.1 Å². The van der Waals surface area contributed by atoms with Crippen LogP contribution in [-0.4, -0.2) is 10.7 Å². The standard InChI is InChI=1S/C21H30O2/c1-5-6-7-8-15-12-18(22)20-16-11-14(2)9-10-17(16)21(3,4)23-19(20)13-15/h11-13,16-17,22H,5-10H2,1-4H3/t16-,17-/m1/s1/i2D3,3D3,4D3,8D2,9D2,10D2,11D,17D. The Hall–Kier alpha value is -1.44. The van der Waals surface area contributed by atoms with Crippen molar-refractivity contribution in [2.75, 3.05) is 0 Å². The lowest BCUT2D eigenvalue weighted by atomic mass is 9.68. The van der Waals surface area contributed by atoms with Gasteiger partial charge in [-0.25, -0.2) is 0 Å². The Balaban J connectivity index is 2.64. The molecule has 2 heteroatoms. The number of aryl methyl sites for hydroxylation is 1. The van der Waals surface area contributed by atoms with E-state index in [9.17, 15) is 6.48 Å². The lowest BCUT2D eigenvalue weighted by Crippen LogP contribution is -2.45. The van der Waals surface area contributed by atoms with Crippen molar-refractivity contribution in [2.24, 2.45) is 5.89 Å². The molecule has 126 valence electrons. The van der Waals surface area contributed by atoms with Gasteiger partial charge in [-0.2, -0.15) is 0 Å². The second-order valence-corrected chi connectivity index (χ2v) is 5.59. The Labute approximate surface area is 164 Å². The predicted molar refractivity (Wildman–Crippen MR) is 95.3 cm³/mol. The highest BCUT2D eigenvalue weighted by molar-refractivity contribution is 5.53. The van der Waals surface area contributed by atoms with E-state index in [0.717, 1.165) is 12.1 Å². The van der Waals surface area contributed by atoms with Crippen molar-refractivity contribution < 1.29 is 33.1 Å².